The van der Waals surface area contributed by atoms with E-state index in [-0.39, 0.29) is 16.3 Å². The van der Waals surface area contributed by atoms with Crippen molar-refractivity contribution in [3.05, 3.63) is 83.7 Å². The Bertz CT molecular complexity index is 1310. The monoisotopic (exact) mass is 441 g/mol. The minimum absolute atomic E-state index is 0.0294. The van der Waals surface area contributed by atoms with Gasteiger partial charge >= 0.3 is 0 Å². The third kappa shape index (κ3) is 4.00. The molecular weight excluding hydrogens is 426 g/mol. The molecule has 0 radical (unpaired) electrons. The van der Waals surface area contributed by atoms with E-state index in [0.717, 1.165) is 6.26 Å². The van der Waals surface area contributed by atoms with Gasteiger partial charge in [0.25, 0.3) is 5.91 Å². The number of para-hydroxylation sites is 1. The molecule has 1 amide bonds. The van der Waals surface area contributed by atoms with Crippen LogP contribution in [0, 0.1) is 0 Å². The van der Waals surface area contributed by atoms with Crippen LogP contribution in [0.15, 0.2) is 82.3 Å². The summed E-state index contributed by atoms with van der Waals surface area (Å²) in [5.74, 6) is -0.0281. The highest BCUT2D eigenvalue weighted by Crippen LogP contribution is 2.26. The summed E-state index contributed by atoms with van der Waals surface area (Å²) >= 11 is 5.97. The maximum absolute atomic E-state index is 12.9. The lowest BCUT2D eigenvalue weighted by atomic mass is 10.2. The maximum atomic E-state index is 12.9. The van der Waals surface area contributed by atoms with Crippen molar-refractivity contribution in [3.63, 3.8) is 0 Å². The van der Waals surface area contributed by atoms with Crippen LogP contribution in [0.2, 0.25) is 5.02 Å². The van der Waals surface area contributed by atoms with Crippen LogP contribution < -0.4 is 5.32 Å². The number of amides is 1. The van der Waals surface area contributed by atoms with Crippen LogP contribution in [-0.4, -0.2) is 30.4 Å². The SMILES string of the molecule is CS(=O)(=O)c1ccccc1NC(=O)c1cc(-c2ccco2)n(-c2ccc(Cl)cc2)n1. The molecule has 0 atom stereocenters. The van der Waals surface area contributed by atoms with Crippen LogP contribution in [0.3, 0.4) is 0 Å². The van der Waals surface area contributed by atoms with Gasteiger partial charge in [0.2, 0.25) is 0 Å². The van der Waals surface area contributed by atoms with E-state index in [0.29, 0.717) is 22.2 Å². The van der Waals surface area contributed by atoms with Gasteiger partial charge in [0.15, 0.2) is 21.3 Å². The number of carbonyl (C=O) groups excluding carboxylic acids is 1. The second-order valence-electron chi connectivity index (χ2n) is 6.50. The van der Waals surface area contributed by atoms with Gasteiger partial charge < -0.3 is 9.73 Å². The van der Waals surface area contributed by atoms with Crippen molar-refractivity contribution in [1.82, 2.24) is 9.78 Å². The number of benzene rings is 2. The fourth-order valence-electron chi connectivity index (χ4n) is 2.95. The number of furan rings is 1. The molecule has 0 fully saturated rings. The third-order valence-electron chi connectivity index (χ3n) is 4.32. The molecule has 9 heteroatoms. The summed E-state index contributed by atoms with van der Waals surface area (Å²) in [5.41, 5.74) is 1.52. The molecule has 4 aromatic rings. The largest absolute Gasteiger partial charge is 0.463 e. The summed E-state index contributed by atoms with van der Waals surface area (Å²) in [4.78, 5) is 12.9. The molecule has 0 aliphatic carbocycles. The zero-order chi connectivity index (χ0) is 21.3. The van der Waals surface area contributed by atoms with Crippen molar-refractivity contribution in [1.29, 1.82) is 0 Å². The van der Waals surface area contributed by atoms with Crippen LogP contribution in [0.5, 0.6) is 0 Å². The molecular formula is C21H16ClN3O4S. The van der Waals surface area contributed by atoms with Gasteiger partial charge in [-0.05, 0) is 48.5 Å². The van der Waals surface area contributed by atoms with E-state index in [2.05, 4.69) is 10.4 Å². The lowest BCUT2D eigenvalue weighted by Gasteiger charge is -2.08. The Hall–Kier alpha value is -3.36. The minimum atomic E-state index is -3.51. The summed E-state index contributed by atoms with van der Waals surface area (Å²) in [6.07, 6.45) is 2.61. The van der Waals surface area contributed by atoms with Crippen LogP contribution >= 0.6 is 11.6 Å². The van der Waals surface area contributed by atoms with Gasteiger partial charge in [-0.15, -0.1) is 0 Å². The average Bonchev–Trinajstić information content (AvgIpc) is 3.38. The molecule has 0 aliphatic rings. The molecule has 0 unspecified atom stereocenters. The lowest BCUT2D eigenvalue weighted by Crippen LogP contribution is -2.15. The molecule has 0 spiro atoms. The number of hydrogen-bond donors (Lipinski definition) is 1. The van der Waals surface area contributed by atoms with Gasteiger partial charge in [0.05, 0.1) is 22.5 Å². The highest BCUT2D eigenvalue weighted by molar-refractivity contribution is 7.90. The molecule has 2 aromatic carbocycles. The Balaban J connectivity index is 1.75. The fourth-order valence-corrected chi connectivity index (χ4v) is 3.92. The molecule has 1 N–H and O–H groups in total. The highest BCUT2D eigenvalue weighted by atomic mass is 35.5. The maximum Gasteiger partial charge on any atom is 0.276 e. The number of halogens is 1. The van der Waals surface area contributed by atoms with Crippen molar-refractivity contribution in [2.45, 2.75) is 4.90 Å². The van der Waals surface area contributed by atoms with Gasteiger partial charge in [-0.2, -0.15) is 5.10 Å². The molecule has 7 nitrogen and oxygen atoms in total. The summed E-state index contributed by atoms with van der Waals surface area (Å²) in [7, 11) is -3.51. The number of nitrogens with zero attached hydrogens (tertiary/aromatic N) is 2. The zero-order valence-electron chi connectivity index (χ0n) is 15.7. The number of aromatic nitrogens is 2. The van der Waals surface area contributed by atoms with Crippen LogP contribution in [0.4, 0.5) is 5.69 Å². The molecule has 2 heterocycles. The van der Waals surface area contributed by atoms with E-state index in [1.807, 2.05) is 0 Å². The topological polar surface area (TPSA) is 94.2 Å². The van der Waals surface area contributed by atoms with Gasteiger partial charge in [-0.3, -0.25) is 4.79 Å². The third-order valence-corrected chi connectivity index (χ3v) is 5.73. The molecule has 0 bridgehead atoms. The van der Waals surface area contributed by atoms with E-state index in [1.54, 1.807) is 59.3 Å². The molecule has 0 saturated heterocycles. The van der Waals surface area contributed by atoms with Crippen molar-refractivity contribution in [3.8, 4) is 17.1 Å². The van der Waals surface area contributed by atoms with Crippen LogP contribution in [-0.2, 0) is 9.84 Å². The predicted molar refractivity (Wildman–Crippen MR) is 114 cm³/mol. The van der Waals surface area contributed by atoms with E-state index in [1.165, 1.54) is 18.4 Å². The van der Waals surface area contributed by atoms with Crippen molar-refractivity contribution < 1.29 is 17.6 Å². The quantitative estimate of drug-likeness (QED) is 0.494. The Kier molecular flexibility index (Phi) is 5.19. The number of rotatable bonds is 5. The molecule has 2 aromatic heterocycles. The Morgan fingerprint density at radius 2 is 1.80 bits per heavy atom. The summed E-state index contributed by atoms with van der Waals surface area (Å²) in [6, 6.07) is 18.2. The van der Waals surface area contributed by atoms with Crippen molar-refractivity contribution in [2.24, 2.45) is 0 Å². The number of nitrogens with one attached hydrogen (secondary N) is 1. The molecule has 30 heavy (non-hydrogen) atoms. The van der Waals surface area contributed by atoms with Gasteiger partial charge in [-0.1, -0.05) is 23.7 Å². The average molecular weight is 442 g/mol. The molecule has 0 aliphatic heterocycles. The van der Waals surface area contributed by atoms with Gasteiger partial charge in [-0.25, -0.2) is 13.1 Å². The standard InChI is InChI=1S/C21H16ClN3O4S/c1-30(27,28)20-7-3-2-5-16(20)23-21(26)17-13-18(19-6-4-12-29-19)25(24-17)15-10-8-14(22)9-11-15/h2-13H,1H3,(H,23,26). The smallest absolute Gasteiger partial charge is 0.276 e. The number of anilines is 1. The second kappa shape index (κ2) is 7.81. The summed E-state index contributed by atoms with van der Waals surface area (Å²) in [5, 5.41) is 7.61. The van der Waals surface area contributed by atoms with Crippen LogP contribution in [0.25, 0.3) is 17.1 Å². The first kappa shape index (κ1) is 19.9. The summed E-state index contributed by atoms with van der Waals surface area (Å²) < 4.78 is 31.1. The van der Waals surface area contributed by atoms with Crippen molar-refractivity contribution in [2.75, 3.05) is 11.6 Å². The van der Waals surface area contributed by atoms with E-state index in [9.17, 15) is 13.2 Å². The van der Waals surface area contributed by atoms with E-state index < -0.39 is 15.7 Å². The Morgan fingerprint density at radius 3 is 2.47 bits per heavy atom. The fraction of sp³-hybridized carbons (Fsp3) is 0.0476. The number of carbonyl (C=O) groups is 1. The first-order valence-corrected chi connectivity index (χ1v) is 11.1. The molecule has 0 saturated carbocycles. The lowest BCUT2D eigenvalue weighted by molar-refractivity contribution is 0.102. The van der Waals surface area contributed by atoms with Crippen molar-refractivity contribution >= 4 is 33.0 Å². The second-order valence-corrected chi connectivity index (χ2v) is 8.92. The first-order valence-electron chi connectivity index (χ1n) is 8.83. The van der Waals surface area contributed by atoms with Gasteiger partial charge in [0, 0.05) is 17.3 Å². The van der Waals surface area contributed by atoms with E-state index >= 15 is 0 Å². The van der Waals surface area contributed by atoms with Crippen LogP contribution in [0.1, 0.15) is 10.5 Å². The Morgan fingerprint density at radius 1 is 1.07 bits per heavy atom. The summed E-state index contributed by atoms with van der Waals surface area (Å²) in [6.45, 7) is 0. The van der Waals surface area contributed by atoms with E-state index in [4.69, 9.17) is 16.0 Å². The first-order chi connectivity index (χ1) is 14.3. The number of sulfone groups is 1. The molecule has 152 valence electrons. The predicted octanol–water partition coefficient (Wildman–Crippen LogP) is 4.44. The minimum Gasteiger partial charge on any atom is -0.463 e. The zero-order valence-corrected chi connectivity index (χ0v) is 17.3. The number of hydrogen-bond acceptors (Lipinski definition) is 5. The van der Waals surface area contributed by atoms with Gasteiger partial charge in [0.1, 0.15) is 5.69 Å². The highest BCUT2D eigenvalue weighted by Gasteiger charge is 2.20. The Labute approximate surface area is 177 Å². The normalized spacial score (nSPS) is 11.4. The molecule has 4 rings (SSSR count).